The van der Waals surface area contributed by atoms with Crippen molar-refractivity contribution in [2.75, 3.05) is 26.7 Å². The van der Waals surface area contributed by atoms with Crippen LogP contribution in [0.25, 0.3) is 0 Å². The number of amides is 1. The van der Waals surface area contributed by atoms with E-state index in [0.717, 1.165) is 12.5 Å². The van der Waals surface area contributed by atoms with E-state index in [-0.39, 0.29) is 5.91 Å². The summed E-state index contributed by atoms with van der Waals surface area (Å²) in [5.74, 6) is 0.857. The number of nitrogens with zero attached hydrogens (tertiary/aromatic N) is 1. The molecule has 0 aliphatic heterocycles. The Hall–Kier alpha value is -1.26. The summed E-state index contributed by atoms with van der Waals surface area (Å²) < 4.78 is 0. The van der Waals surface area contributed by atoms with Crippen molar-refractivity contribution < 1.29 is 4.79 Å². The maximum atomic E-state index is 12.0. The lowest BCUT2D eigenvalue weighted by Crippen LogP contribution is -2.49. The smallest absolute Gasteiger partial charge is 0.227 e. The van der Waals surface area contributed by atoms with E-state index >= 15 is 0 Å². The normalized spacial score (nSPS) is 18.1. The quantitative estimate of drug-likeness (QED) is 0.499. The van der Waals surface area contributed by atoms with E-state index in [4.69, 9.17) is 0 Å². The van der Waals surface area contributed by atoms with Crippen molar-refractivity contribution >= 4 is 11.9 Å². The molecule has 0 heterocycles. The van der Waals surface area contributed by atoms with Crippen molar-refractivity contribution in [1.82, 2.24) is 16.0 Å². The van der Waals surface area contributed by atoms with Crippen molar-refractivity contribution in [2.45, 2.75) is 59.8 Å². The summed E-state index contributed by atoms with van der Waals surface area (Å²) in [5, 5.41) is 9.63. The van der Waals surface area contributed by atoms with Crippen LogP contribution in [-0.2, 0) is 4.79 Å². The van der Waals surface area contributed by atoms with Crippen LogP contribution in [0.4, 0.5) is 0 Å². The number of carbonyl (C=O) groups excluding carboxylic acids is 1. The summed E-state index contributed by atoms with van der Waals surface area (Å²) in [5.41, 5.74) is -0.0316. The number of nitrogens with one attached hydrogen (secondary N) is 3. The maximum Gasteiger partial charge on any atom is 0.227 e. The second-order valence-electron chi connectivity index (χ2n) is 7.08. The van der Waals surface area contributed by atoms with E-state index in [1.807, 2.05) is 20.8 Å². The highest BCUT2D eigenvalue weighted by Crippen LogP contribution is 2.40. The van der Waals surface area contributed by atoms with E-state index in [0.29, 0.717) is 18.5 Å². The Morgan fingerprint density at radius 3 is 2.27 bits per heavy atom. The summed E-state index contributed by atoms with van der Waals surface area (Å²) in [6.07, 6.45) is 6.49. The lowest BCUT2D eigenvalue weighted by molar-refractivity contribution is -0.128. The molecule has 128 valence electrons. The van der Waals surface area contributed by atoms with E-state index in [9.17, 15) is 4.79 Å². The van der Waals surface area contributed by atoms with Gasteiger partial charge in [-0.15, -0.1) is 0 Å². The third-order valence-electron chi connectivity index (χ3n) is 4.92. The molecule has 1 saturated carbocycles. The zero-order valence-corrected chi connectivity index (χ0v) is 15.0. The van der Waals surface area contributed by atoms with Crippen LogP contribution in [0, 0.1) is 10.8 Å². The third kappa shape index (κ3) is 5.18. The molecule has 0 radical (unpaired) electrons. The number of aliphatic imine (C=N–C) groups is 1. The Morgan fingerprint density at radius 1 is 1.14 bits per heavy atom. The number of hydrogen-bond acceptors (Lipinski definition) is 2. The Balaban J connectivity index is 2.47. The van der Waals surface area contributed by atoms with Gasteiger partial charge in [0.15, 0.2) is 5.96 Å². The van der Waals surface area contributed by atoms with Gasteiger partial charge in [-0.1, -0.05) is 19.8 Å². The van der Waals surface area contributed by atoms with Gasteiger partial charge in [0.25, 0.3) is 0 Å². The Labute approximate surface area is 135 Å². The van der Waals surface area contributed by atoms with Gasteiger partial charge in [-0.05, 0) is 45.4 Å². The van der Waals surface area contributed by atoms with Crippen LogP contribution in [0.3, 0.4) is 0 Å². The van der Waals surface area contributed by atoms with Gasteiger partial charge in [-0.2, -0.15) is 0 Å². The standard InChI is InChI=1S/C17H34N4O/c1-6-17(10-8-9-11-17)13-21-15(18-5)20-12-16(3,4)14(22)19-7-2/h6-13H2,1-5H3,(H,19,22)(H2,18,20,21). The van der Waals surface area contributed by atoms with E-state index in [1.165, 1.54) is 32.1 Å². The average molecular weight is 310 g/mol. The minimum absolute atomic E-state index is 0.0683. The summed E-state index contributed by atoms with van der Waals surface area (Å²) in [6.45, 7) is 10.3. The molecule has 0 aromatic carbocycles. The van der Waals surface area contributed by atoms with Crippen LogP contribution >= 0.6 is 0 Å². The van der Waals surface area contributed by atoms with E-state index < -0.39 is 5.41 Å². The second kappa shape index (κ2) is 8.39. The van der Waals surface area contributed by atoms with Crippen LogP contribution in [0.5, 0.6) is 0 Å². The zero-order valence-electron chi connectivity index (χ0n) is 15.0. The lowest BCUT2D eigenvalue weighted by Gasteiger charge is -2.30. The predicted molar refractivity (Wildman–Crippen MR) is 93.0 cm³/mol. The first-order chi connectivity index (χ1) is 10.4. The molecule has 0 bridgehead atoms. The third-order valence-corrected chi connectivity index (χ3v) is 4.92. The first-order valence-electron chi connectivity index (χ1n) is 8.62. The van der Waals surface area contributed by atoms with Gasteiger partial charge in [-0.3, -0.25) is 9.79 Å². The number of rotatable bonds is 7. The van der Waals surface area contributed by atoms with Crippen LogP contribution in [0.15, 0.2) is 4.99 Å². The highest BCUT2D eigenvalue weighted by molar-refractivity contribution is 5.84. The van der Waals surface area contributed by atoms with Crippen LogP contribution < -0.4 is 16.0 Å². The highest BCUT2D eigenvalue weighted by atomic mass is 16.2. The van der Waals surface area contributed by atoms with Crippen molar-refractivity contribution in [3.05, 3.63) is 0 Å². The maximum absolute atomic E-state index is 12.0. The van der Waals surface area contributed by atoms with Gasteiger partial charge < -0.3 is 16.0 Å². The van der Waals surface area contributed by atoms with Gasteiger partial charge in [-0.25, -0.2) is 0 Å². The summed E-state index contributed by atoms with van der Waals surface area (Å²) in [6, 6.07) is 0. The monoisotopic (exact) mass is 310 g/mol. The molecular formula is C17H34N4O. The zero-order chi connectivity index (χ0) is 16.6. The van der Waals surface area contributed by atoms with Crippen molar-refractivity contribution in [3.63, 3.8) is 0 Å². The van der Waals surface area contributed by atoms with Crippen LogP contribution in [0.1, 0.15) is 59.8 Å². The predicted octanol–water partition coefficient (Wildman–Crippen LogP) is 2.28. The first kappa shape index (κ1) is 18.8. The molecule has 0 aromatic rings. The molecule has 0 unspecified atom stereocenters. The second-order valence-corrected chi connectivity index (χ2v) is 7.08. The molecule has 0 spiro atoms. The van der Waals surface area contributed by atoms with Crippen LogP contribution in [-0.4, -0.2) is 38.5 Å². The molecule has 0 saturated heterocycles. The van der Waals surface area contributed by atoms with Gasteiger partial charge in [0.1, 0.15) is 0 Å². The molecule has 5 nitrogen and oxygen atoms in total. The molecular weight excluding hydrogens is 276 g/mol. The fourth-order valence-electron chi connectivity index (χ4n) is 3.06. The van der Waals surface area contributed by atoms with Crippen molar-refractivity contribution in [1.29, 1.82) is 0 Å². The number of guanidine groups is 1. The lowest BCUT2D eigenvalue weighted by atomic mass is 9.83. The molecule has 22 heavy (non-hydrogen) atoms. The van der Waals surface area contributed by atoms with E-state index in [1.54, 1.807) is 7.05 Å². The Kier molecular flexibility index (Phi) is 7.17. The summed E-state index contributed by atoms with van der Waals surface area (Å²) >= 11 is 0. The fourth-order valence-corrected chi connectivity index (χ4v) is 3.06. The highest BCUT2D eigenvalue weighted by Gasteiger charge is 2.32. The molecule has 5 heteroatoms. The van der Waals surface area contributed by atoms with Gasteiger partial charge >= 0.3 is 0 Å². The molecule has 1 fully saturated rings. The Morgan fingerprint density at radius 2 is 1.77 bits per heavy atom. The van der Waals surface area contributed by atoms with Gasteiger partial charge in [0, 0.05) is 26.7 Å². The summed E-state index contributed by atoms with van der Waals surface area (Å²) in [4.78, 5) is 16.3. The van der Waals surface area contributed by atoms with Gasteiger partial charge in [0.2, 0.25) is 5.91 Å². The first-order valence-corrected chi connectivity index (χ1v) is 8.62. The topological polar surface area (TPSA) is 65.5 Å². The SMILES string of the molecule is CCNC(=O)C(C)(C)CNC(=NC)NCC1(CC)CCCC1. The summed E-state index contributed by atoms with van der Waals surface area (Å²) in [7, 11) is 1.78. The molecule has 0 atom stereocenters. The molecule has 1 aliphatic rings. The number of carbonyl (C=O) groups is 1. The average Bonchev–Trinajstić information content (AvgIpc) is 2.97. The number of hydrogen-bond donors (Lipinski definition) is 3. The molecule has 1 rings (SSSR count). The fraction of sp³-hybridized carbons (Fsp3) is 0.882. The van der Waals surface area contributed by atoms with E-state index in [2.05, 4.69) is 27.9 Å². The van der Waals surface area contributed by atoms with Crippen LogP contribution in [0.2, 0.25) is 0 Å². The van der Waals surface area contributed by atoms with Crippen molar-refractivity contribution in [2.24, 2.45) is 15.8 Å². The molecule has 3 N–H and O–H groups in total. The Bertz CT molecular complexity index is 384. The van der Waals surface area contributed by atoms with Crippen molar-refractivity contribution in [3.8, 4) is 0 Å². The molecule has 1 amide bonds. The minimum Gasteiger partial charge on any atom is -0.356 e. The van der Waals surface area contributed by atoms with Gasteiger partial charge in [0.05, 0.1) is 5.41 Å². The molecule has 0 aromatic heterocycles. The minimum atomic E-state index is -0.455. The largest absolute Gasteiger partial charge is 0.356 e. The molecule has 1 aliphatic carbocycles.